The van der Waals surface area contributed by atoms with Gasteiger partial charge in [0.2, 0.25) is 0 Å². The summed E-state index contributed by atoms with van der Waals surface area (Å²) in [7, 11) is 0. The molecule has 5 N–H and O–H groups in total. The minimum atomic E-state index is -1.23. The minimum absolute atomic E-state index is 0.0975. The highest BCUT2D eigenvalue weighted by Gasteiger charge is 2.13. The molecule has 8 nitrogen and oxygen atoms in total. The van der Waals surface area contributed by atoms with Gasteiger partial charge in [-0.1, -0.05) is 18.7 Å². The molecule has 0 saturated heterocycles. The molecule has 2 atom stereocenters. The number of allylic oxidation sites excluding steroid dienone is 3. The second-order valence-electron chi connectivity index (χ2n) is 3.89. The van der Waals surface area contributed by atoms with Crippen molar-refractivity contribution in [1.29, 1.82) is 0 Å². The Labute approximate surface area is 115 Å². The highest BCUT2D eigenvalue weighted by molar-refractivity contribution is 5.79. The Kier molecular flexibility index (Phi) is 6.00. The average Bonchev–Trinajstić information content (AvgIpc) is 2.38. The van der Waals surface area contributed by atoms with Gasteiger partial charge in [-0.3, -0.25) is 5.43 Å². The molecule has 1 rings (SSSR count). The summed E-state index contributed by atoms with van der Waals surface area (Å²) in [6, 6.07) is 3.74. The number of rotatable bonds is 6. The molecule has 0 aliphatic rings. The van der Waals surface area contributed by atoms with Crippen molar-refractivity contribution in [3.63, 3.8) is 0 Å². The van der Waals surface area contributed by atoms with Gasteiger partial charge in [-0.15, -0.1) is 0 Å². The fourth-order valence-electron chi connectivity index (χ4n) is 1.38. The van der Waals surface area contributed by atoms with Gasteiger partial charge in [0.25, 0.3) is 0 Å². The molecule has 8 heteroatoms. The van der Waals surface area contributed by atoms with Crippen LogP contribution in [0, 0.1) is 10.4 Å². The lowest BCUT2D eigenvalue weighted by molar-refractivity contribution is -0.996. The Balaban J connectivity index is 2.95. The van der Waals surface area contributed by atoms with E-state index in [-0.39, 0.29) is 17.1 Å². The molecule has 1 aromatic carbocycles. The normalized spacial score (nSPS) is 15.2. The zero-order chi connectivity index (χ0) is 15.1. The maximum Gasteiger partial charge on any atom is 0.195 e. The van der Waals surface area contributed by atoms with Crippen molar-refractivity contribution < 1.29 is 20.9 Å². The molecular weight excluding hydrogens is 264 g/mol. The van der Waals surface area contributed by atoms with Crippen molar-refractivity contribution >= 4 is 23.3 Å². The van der Waals surface area contributed by atoms with E-state index in [2.05, 4.69) is 17.1 Å². The number of hydrogen-bond donors (Lipinski definition) is 5. The van der Waals surface area contributed by atoms with E-state index in [1.807, 2.05) is 0 Å². The molecule has 0 aliphatic heterocycles. The third-order valence-corrected chi connectivity index (χ3v) is 2.33. The Morgan fingerprint density at radius 1 is 1.35 bits per heavy atom. The van der Waals surface area contributed by atoms with Gasteiger partial charge in [0.1, 0.15) is 5.69 Å². The Bertz CT molecular complexity index is 526. The van der Waals surface area contributed by atoms with E-state index < -0.39 is 10.5 Å². The summed E-state index contributed by atoms with van der Waals surface area (Å²) >= 11 is 0. The summed E-state index contributed by atoms with van der Waals surface area (Å²) in [5.41, 5.74) is 3.35. The Hall–Kier alpha value is -2.07. The fraction of sp³-hybridized carbons (Fsp3) is 0.0833. The summed E-state index contributed by atoms with van der Waals surface area (Å²) < 4.78 is 0. The van der Waals surface area contributed by atoms with Crippen LogP contribution >= 0.6 is 0 Å². The molecule has 0 spiro atoms. The SMILES string of the molecule is C=CC=C(C)C=NNc1ccc([NH+]([O-])O)cc1[NH+]([O-])O. The molecule has 0 aliphatic carbocycles. The van der Waals surface area contributed by atoms with Crippen LogP contribution in [0.25, 0.3) is 0 Å². The van der Waals surface area contributed by atoms with E-state index in [0.717, 1.165) is 11.6 Å². The highest BCUT2D eigenvalue weighted by atomic mass is 16.8. The smallest absolute Gasteiger partial charge is 0.195 e. The number of anilines is 1. The highest BCUT2D eigenvalue weighted by Crippen LogP contribution is 2.20. The van der Waals surface area contributed by atoms with Crippen molar-refractivity contribution in [1.82, 2.24) is 0 Å². The summed E-state index contributed by atoms with van der Waals surface area (Å²) in [5, 5.41) is 41.2. The van der Waals surface area contributed by atoms with Crippen molar-refractivity contribution in [2.75, 3.05) is 5.43 Å². The van der Waals surface area contributed by atoms with E-state index >= 15 is 0 Å². The maximum atomic E-state index is 11.1. The predicted octanol–water partition coefficient (Wildman–Crippen LogP) is 0.0234. The molecule has 2 unspecified atom stereocenters. The van der Waals surface area contributed by atoms with Crippen LogP contribution in [0.3, 0.4) is 0 Å². The lowest BCUT2D eigenvalue weighted by Gasteiger charge is -2.17. The third-order valence-electron chi connectivity index (χ3n) is 2.33. The van der Waals surface area contributed by atoms with Crippen LogP contribution in [-0.2, 0) is 0 Å². The second-order valence-corrected chi connectivity index (χ2v) is 3.89. The van der Waals surface area contributed by atoms with Crippen molar-refractivity contribution in [3.8, 4) is 0 Å². The quantitative estimate of drug-likeness (QED) is 0.286. The summed E-state index contributed by atoms with van der Waals surface area (Å²) in [5.74, 6) is 0. The van der Waals surface area contributed by atoms with Crippen molar-refractivity contribution in [3.05, 3.63) is 52.9 Å². The van der Waals surface area contributed by atoms with Crippen LogP contribution in [0.4, 0.5) is 17.1 Å². The minimum Gasteiger partial charge on any atom is -0.595 e. The van der Waals surface area contributed by atoms with E-state index in [1.54, 1.807) is 19.1 Å². The van der Waals surface area contributed by atoms with Gasteiger partial charge in [-0.05, 0) is 18.6 Å². The molecule has 20 heavy (non-hydrogen) atoms. The zero-order valence-corrected chi connectivity index (χ0v) is 10.8. The average molecular weight is 280 g/mol. The molecular formula is C12H16N4O4. The van der Waals surface area contributed by atoms with E-state index in [9.17, 15) is 10.4 Å². The van der Waals surface area contributed by atoms with Gasteiger partial charge in [-0.2, -0.15) is 15.6 Å². The van der Waals surface area contributed by atoms with E-state index in [4.69, 9.17) is 10.4 Å². The molecule has 0 radical (unpaired) electrons. The van der Waals surface area contributed by atoms with Crippen LogP contribution in [0.2, 0.25) is 0 Å². The lowest BCUT2D eigenvalue weighted by atomic mass is 10.2. The Morgan fingerprint density at radius 2 is 2.05 bits per heavy atom. The second kappa shape index (κ2) is 7.50. The number of nitrogens with zero attached hydrogens (tertiary/aromatic N) is 1. The van der Waals surface area contributed by atoms with Gasteiger partial charge in [0, 0.05) is 6.07 Å². The van der Waals surface area contributed by atoms with Gasteiger partial charge in [0.05, 0.1) is 12.3 Å². The van der Waals surface area contributed by atoms with Crippen LogP contribution in [0.1, 0.15) is 6.92 Å². The fourth-order valence-corrected chi connectivity index (χ4v) is 1.38. The van der Waals surface area contributed by atoms with Crippen molar-refractivity contribution in [2.45, 2.75) is 6.92 Å². The topological polar surface area (TPSA) is 120 Å². The molecule has 0 amide bonds. The van der Waals surface area contributed by atoms with Gasteiger partial charge in [0.15, 0.2) is 11.4 Å². The van der Waals surface area contributed by atoms with Crippen molar-refractivity contribution in [2.24, 2.45) is 5.10 Å². The largest absolute Gasteiger partial charge is 0.595 e. The van der Waals surface area contributed by atoms with E-state index in [1.165, 1.54) is 18.3 Å². The van der Waals surface area contributed by atoms with E-state index in [0.29, 0.717) is 0 Å². The van der Waals surface area contributed by atoms with Gasteiger partial charge in [-0.25, -0.2) is 10.4 Å². The lowest BCUT2D eigenvalue weighted by Crippen LogP contribution is -3.00. The number of hydrogen-bond acceptors (Lipinski definition) is 6. The van der Waals surface area contributed by atoms with Gasteiger partial charge >= 0.3 is 0 Å². The molecule has 0 aromatic heterocycles. The monoisotopic (exact) mass is 280 g/mol. The molecule has 0 heterocycles. The van der Waals surface area contributed by atoms with Gasteiger partial charge < -0.3 is 10.4 Å². The summed E-state index contributed by atoms with van der Waals surface area (Å²) in [6.07, 6.45) is 4.83. The summed E-state index contributed by atoms with van der Waals surface area (Å²) in [4.78, 5) is 0. The van der Waals surface area contributed by atoms with Crippen LogP contribution in [0.15, 0.2) is 47.6 Å². The molecule has 0 saturated carbocycles. The molecule has 1 aromatic rings. The molecule has 108 valence electrons. The first-order chi connectivity index (χ1) is 9.45. The standard InChI is InChI=1S/C12H16N4O4/c1-3-4-9(2)8-13-14-11-6-5-10(15(17)18)7-12(11)16(19)20/h3-8,14-17,19H,1H2,2H3. The Morgan fingerprint density at radius 3 is 2.60 bits per heavy atom. The van der Waals surface area contributed by atoms with Crippen LogP contribution in [0.5, 0.6) is 0 Å². The maximum absolute atomic E-state index is 11.1. The number of nitrogens with one attached hydrogen (secondary N) is 3. The molecule has 0 fully saturated rings. The first-order valence-electron chi connectivity index (χ1n) is 5.64. The first-order valence-corrected chi connectivity index (χ1v) is 5.64. The third kappa shape index (κ3) is 4.55. The number of quaternary nitrogens is 2. The van der Waals surface area contributed by atoms with Crippen LogP contribution in [-0.4, -0.2) is 16.6 Å². The summed E-state index contributed by atoms with van der Waals surface area (Å²) in [6.45, 7) is 5.34. The number of hydrazone groups is 1. The first kappa shape index (κ1) is 16.0. The predicted molar refractivity (Wildman–Crippen MR) is 74.1 cm³/mol. The number of benzene rings is 1. The zero-order valence-electron chi connectivity index (χ0n) is 10.8. The van der Waals surface area contributed by atoms with Crippen LogP contribution < -0.4 is 15.9 Å². The molecule has 0 bridgehead atoms.